The number of nitrogens with zero attached hydrogens (tertiary/aromatic N) is 1. The summed E-state index contributed by atoms with van der Waals surface area (Å²) in [5.41, 5.74) is 3.34. The Labute approximate surface area is 189 Å². The van der Waals surface area contributed by atoms with Crippen molar-refractivity contribution in [3.05, 3.63) is 65.9 Å². The summed E-state index contributed by atoms with van der Waals surface area (Å²) in [5.74, 6) is -0.516. The summed E-state index contributed by atoms with van der Waals surface area (Å²) in [6.45, 7) is 4.17. The van der Waals surface area contributed by atoms with Crippen molar-refractivity contribution in [3.63, 3.8) is 0 Å². The molecule has 0 spiro atoms. The minimum atomic E-state index is -0.601. The molecule has 32 heavy (non-hydrogen) atoms. The molecule has 5 rings (SSSR count). The van der Waals surface area contributed by atoms with E-state index < -0.39 is 10.8 Å². The maximum atomic E-state index is 13.1. The predicted molar refractivity (Wildman–Crippen MR) is 125 cm³/mol. The molecular weight excluding hydrogens is 424 g/mol. The van der Waals surface area contributed by atoms with E-state index in [9.17, 15) is 14.4 Å². The highest BCUT2D eigenvalue weighted by Gasteiger charge is 2.57. The fraction of sp³-hybridized carbons (Fsp3) is 0.292. The lowest BCUT2D eigenvalue weighted by Crippen LogP contribution is -2.52. The molecule has 1 saturated heterocycles. The first-order chi connectivity index (χ1) is 15.3. The van der Waals surface area contributed by atoms with Crippen LogP contribution in [0.4, 0.5) is 5.69 Å². The summed E-state index contributed by atoms with van der Waals surface area (Å²) in [4.78, 5) is 43.3. The van der Waals surface area contributed by atoms with Gasteiger partial charge < -0.3 is 20.5 Å². The van der Waals surface area contributed by atoms with E-state index in [0.717, 1.165) is 16.5 Å². The highest BCUT2D eigenvalue weighted by molar-refractivity contribution is 8.01. The molecule has 2 atom stereocenters. The van der Waals surface area contributed by atoms with Crippen LogP contribution in [0.15, 0.2) is 54.7 Å². The third kappa shape index (κ3) is 3.44. The number of aromatic amines is 1. The Hall–Kier alpha value is -3.26. The number of nitrogens with one attached hydrogen (secondary N) is 3. The van der Waals surface area contributed by atoms with E-state index in [-0.39, 0.29) is 36.1 Å². The van der Waals surface area contributed by atoms with Gasteiger partial charge in [0.25, 0.3) is 5.91 Å². The number of amides is 3. The lowest BCUT2D eigenvalue weighted by Gasteiger charge is -2.29. The Morgan fingerprint density at radius 3 is 2.81 bits per heavy atom. The van der Waals surface area contributed by atoms with E-state index in [2.05, 4.69) is 15.6 Å². The van der Waals surface area contributed by atoms with Crippen molar-refractivity contribution in [2.75, 3.05) is 11.9 Å². The molecule has 2 aliphatic rings. The number of thioether (sulfide) groups is 1. The molecule has 0 bridgehead atoms. The lowest BCUT2D eigenvalue weighted by molar-refractivity contribution is -0.126. The molecule has 0 saturated carbocycles. The minimum Gasteiger partial charge on any atom is -0.361 e. The lowest BCUT2D eigenvalue weighted by atomic mass is 10.0. The average molecular weight is 449 g/mol. The molecule has 2 aliphatic heterocycles. The summed E-state index contributed by atoms with van der Waals surface area (Å²) in [7, 11) is 0. The number of benzene rings is 2. The van der Waals surface area contributed by atoms with Crippen LogP contribution in [0.5, 0.6) is 0 Å². The van der Waals surface area contributed by atoms with Crippen LogP contribution in [-0.2, 0) is 9.59 Å². The van der Waals surface area contributed by atoms with E-state index in [1.807, 2.05) is 68.6 Å². The molecule has 1 unspecified atom stereocenters. The highest BCUT2D eigenvalue weighted by Crippen LogP contribution is 2.56. The first-order valence-corrected chi connectivity index (χ1v) is 11.5. The fourth-order valence-corrected chi connectivity index (χ4v) is 6.14. The van der Waals surface area contributed by atoms with Crippen molar-refractivity contribution in [2.24, 2.45) is 0 Å². The topological polar surface area (TPSA) is 94.3 Å². The van der Waals surface area contributed by atoms with Gasteiger partial charge in [-0.15, -0.1) is 11.8 Å². The van der Waals surface area contributed by atoms with Crippen molar-refractivity contribution in [1.29, 1.82) is 0 Å². The molecule has 3 heterocycles. The minimum absolute atomic E-state index is 0.110. The van der Waals surface area contributed by atoms with Crippen LogP contribution in [0.1, 0.15) is 41.6 Å². The summed E-state index contributed by atoms with van der Waals surface area (Å²) in [6.07, 6.45) is 2.00. The van der Waals surface area contributed by atoms with Gasteiger partial charge in [-0.05, 0) is 49.7 Å². The second-order valence-corrected chi connectivity index (χ2v) is 10.4. The molecule has 8 heteroatoms. The third-order valence-corrected chi connectivity index (χ3v) is 7.57. The SMILES string of the molecule is CC1(C)SC2c3ccccc3C(=O)N2[C@@H]1C(=O)NCCC(=O)Nc1ccc2[nH]ccc2c1. The number of rotatable bonds is 5. The molecule has 164 valence electrons. The number of aromatic nitrogens is 1. The van der Waals surface area contributed by atoms with Crippen molar-refractivity contribution in [2.45, 2.75) is 36.4 Å². The summed E-state index contributed by atoms with van der Waals surface area (Å²) in [5, 5.41) is 6.60. The summed E-state index contributed by atoms with van der Waals surface area (Å²) < 4.78 is -0.438. The first kappa shape index (κ1) is 20.6. The third-order valence-electron chi connectivity index (χ3n) is 6.03. The number of anilines is 1. The van der Waals surface area contributed by atoms with Gasteiger partial charge in [0.15, 0.2) is 0 Å². The highest BCUT2D eigenvalue weighted by atomic mass is 32.2. The molecule has 1 aromatic heterocycles. The van der Waals surface area contributed by atoms with Gasteiger partial charge in [0.05, 0.1) is 0 Å². The molecule has 0 radical (unpaired) electrons. The van der Waals surface area contributed by atoms with Crippen LogP contribution < -0.4 is 10.6 Å². The van der Waals surface area contributed by atoms with E-state index in [4.69, 9.17) is 0 Å². The van der Waals surface area contributed by atoms with Gasteiger partial charge in [0.2, 0.25) is 11.8 Å². The number of carbonyl (C=O) groups excluding carboxylic acids is 3. The van der Waals surface area contributed by atoms with Crippen molar-refractivity contribution in [1.82, 2.24) is 15.2 Å². The molecule has 0 aliphatic carbocycles. The van der Waals surface area contributed by atoms with Crippen LogP contribution >= 0.6 is 11.8 Å². The molecule has 7 nitrogen and oxygen atoms in total. The second kappa shape index (κ2) is 7.70. The largest absolute Gasteiger partial charge is 0.361 e. The van der Waals surface area contributed by atoms with Gasteiger partial charge in [-0.25, -0.2) is 0 Å². The van der Waals surface area contributed by atoms with E-state index in [1.54, 1.807) is 16.7 Å². The zero-order chi connectivity index (χ0) is 22.5. The number of hydrogen-bond acceptors (Lipinski definition) is 4. The van der Waals surface area contributed by atoms with E-state index in [1.165, 1.54) is 0 Å². The average Bonchev–Trinajstić information content (AvgIpc) is 3.40. The van der Waals surface area contributed by atoms with Gasteiger partial charge in [0, 0.05) is 46.1 Å². The molecule has 3 N–H and O–H groups in total. The Kier molecular flexibility index (Phi) is 4.97. The number of hydrogen-bond donors (Lipinski definition) is 3. The van der Waals surface area contributed by atoms with E-state index in [0.29, 0.717) is 11.3 Å². The van der Waals surface area contributed by atoms with Crippen LogP contribution in [0.2, 0.25) is 0 Å². The number of H-pyrrole nitrogens is 1. The predicted octanol–water partition coefficient (Wildman–Crippen LogP) is 3.66. The normalized spacial score (nSPS) is 20.8. The smallest absolute Gasteiger partial charge is 0.256 e. The monoisotopic (exact) mass is 448 g/mol. The van der Waals surface area contributed by atoms with Crippen molar-refractivity contribution < 1.29 is 14.4 Å². The standard InChI is InChI=1S/C24H24N4O3S/c1-24(2)20(28-22(31)16-5-3-4-6-17(16)23(28)32-24)21(30)26-12-10-19(29)27-15-7-8-18-14(13-15)9-11-25-18/h3-9,11,13,20,23,25H,10,12H2,1-2H3,(H,26,30)(H,27,29)/t20-,23?/m1/s1. The van der Waals surface area contributed by atoms with Gasteiger partial charge >= 0.3 is 0 Å². The van der Waals surface area contributed by atoms with Crippen LogP contribution in [0.3, 0.4) is 0 Å². The molecular formula is C24H24N4O3S. The van der Waals surface area contributed by atoms with Gasteiger partial charge in [0.1, 0.15) is 11.4 Å². The Morgan fingerprint density at radius 1 is 1.16 bits per heavy atom. The fourth-order valence-electron chi connectivity index (χ4n) is 4.56. The van der Waals surface area contributed by atoms with Crippen LogP contribution in [0, 0.1) is 0 Å². The maximum Gasteiger partial charge on any atom is 0.256 e. The quantitative estimate of drug-likeness (QED) is 0.555. The number of carbonyl (C=O) groups is 3. The summed E-state index contributed by atoms with van der Waals surface area (Å²) >= 11 is 1.63. The first-order valence-electron chi connectivity index (χ1n) is 10.6. The van der Waals surface area contributed by atoms with Gasteiger partial charge in [-0.1, -0.05) is 18.2 Å². The van der Waals surface area contributed by atoms with Crippen LogP contribution in [-0.4, -0.2) is 44.9 Å². The maximum absolute atomic E-state index is 13.1. The Bertz CT molecular complexity index is 1230. The Balaban J connectivity index is 1.21. The Morgan fingerprint density at radius 2 is 1.97 bits per heavy atom. The zero-order valence-corrected chi connectivity index (χ0v) is 18.7. The van der Waals surface area contributed by atoms with Crippen molar-refractivity contribution in [3.8, 4) is 0 Å². The molecule has 1 fully saturated rings. The zero-order valence-electron chi connectivity index (χ0n) is 17.8. The van der Waals surface area contributed by atoms with E-state index >= 15 is 0 Å². The van der Waals surface area contributed by atoms with Gasteiger partial charge in [-0.2, -0.15) is 0 Å². The molecule has 3 aromatic rings. The summed E-state index contributed by atoms with van der Waals surface area (Å²) in [6, 6.07) is 14.5. The molecule has 2 aromatic carbocycles. The van der Waals surface area contributed by atoms with Gasteiger partial charge in [-0.3, -0.25) is 14.4 Å². The van der Waals surface area contributed by atoms with Crippen molar-refractivity contribution >= 4 is 46.1 Å². The second-order valence-electron chi connectivity index (χ2n) is 8.64. The van der Waals surface area contributed by atoms with Crippen LogP contribution in [0.25, 0.3) is 10.9 Å². The number of fused-ring (bicyclic) bond motifs is 4. The molecule has 3 amide bonds.